The Morgan fingerprint density at radius 2 is 1.69 bits per heavy atom. The number of fused-ring (bicyclic) bond motifs is 1. The number of hydrogen-bond acceptors (Lipinski definition) is 11. The summed E-state index contributed by atoms with van der Waals surface area (Å²) < 4.78 is 10.5. The van der Waals surface area contributed by atoms with E-state index in [1.54, 1.807) is 10.9 Å². The molecular weight excluding hydrogens is 616 g/mol. The fourth-order valence-electron chi connectivity index (χ4n) is 6.05. The molecule has 1 fully saturated rings. The number of aliphatic hydroxyl groups excluding tert-OH is 2. The molecule has 2 aromatic carbocycles. The van der Waals surface area contributed by atoms with Crippen LogP contribution in [0.25, 0.3) is 11.2 Å². The molecule has 0 saturated carbocycles. The Labute approximate surface area is 274 Å². The average molecular weight is 653 g/mol. The summed E-state index contributed by atoms with van der Waals surface area (Å²) in [5, 5.41) is 38.8. The van der Waals surface area contributed by atoms with E-state index in [-0.39, 0.29) is 18.3 Å². The lowest BCUT2D eigenvalue weighted by atomic mass is 9.91. The number of H-pyrrole nitrogens is 1. The molecule has 0 amide bonds. The van der Waals surface area contributed by atoms with Crippen molar-refractivity contribution in [2.24, 2.45) is 7.05 Å². The fraction of sp³-hybridized carbons (Fsp3) is 0.303. The van der Waals surface area contributed by atoms with E-state index in [2.05, 4.69) is 49.9 Å². The molecule has 0 spiro atoms. The first-order chi connectivity index (χ1) is 23.4. The van der Waals surface area contributed by atoms with Crippen molar-refractivity contribution in [3.8, 4) is 5.88 Å². The minimum atomic E-state index is -1.38. The molecule has 248 valence electrons. The monoisotopic (exact) mass is 652 g/mol. The maximum absolute atomic E-state index is 12.1. The van der Waals surface area contributed by atoms with Crippen molar-refractivity contribution in [1.82, 2.24) is 38.6 Å². The number of imidazole rings is 3. The standard InChI is InChI=1S/C33H36N10O5/c1-41-16-22(37-18-41)12-13-34-32-39-29(35-14-23(20-8-4-2-5-9-20)21-10-6-3-7-11-21)26-30(40-32)43(19-38-26)31-28(46)27(45)24(48-31)17-42-25(44)15-36-33(42)47/h2-11,15-16,18-19,23-24,27-28,31,44-46H,12-14,17H2,1H3,(H,36,47)(H2,34,35,39,40)/t24-,27-,28?,31-/m1/s1. The van der Waals surface area contributed by atoms with Crippen LogP contribution in [0, 0.1) is 0 Å². The van der Waals surface area contributed by atoms with Gasteiger partial charge in [-0.1, -0.05) is 60.7 Å². The number of nitrogens with zero attached hydrogens (tertiary/aromatic N) is 7. The molecule has 48 heavy (non-hydrogen) atoms. The van der Waals surface area contributed by atoms with Gasteiger partial charge in [-0.15, -0.1) is 0 Å². The van der Waals surface area contributed by atoms with Crippen molar-refractivity contribution in [1.29, 1.82) is 0 Å². The van der Waals surface area contributed by atoms with Crippen molar-refractivity contribution in [2.45, 2.75) is 43.4 Å². The molecule has 4 aromatic heterocycles. The van der Waals surface area contributed by atoms with Crippen molar-refractivity contribution in [3.63, 3.8) is 0 Å². The maximum Gasteiger partial charge on any atom is 0.328 e. The highest BCUT2D eigenvalue weighted by Crippen LogP contribution is 2.34. The molecule has 1 aliphatic heterocycles. The molecule has 15 heteroatoms. The number of aromatic amines is 1. The van der Waals surface area contributed by atoms with E-state index < -0.39 is 30.2 Å². The second-order valence-corrected chi connectivity index (χ2v) is 11.8. The molecule has 0 radical (unpaired) electrons. The Morgan fingerprint density at radius 3 is 2.33 bits per heavy atom. The molecule has 1 unspecified atom stereocenters. The highest BCUT2D eigenvalue weighted by Gasteiger charge is 2.45. The highest BCUT2D eigenvalue weighted by molar-refractivity contribution is 5.84. The van der Waals surface area contributed by atoms with Crippen LogP contribution in [-0.2, 0) is 24.8 Å². The molecule has 7 rings (SSSR count). The summed E-state index contributed by atoms with van der Waals surface area (Å²) in [6.07, 6.45) is 2.13. The fourth-order valence-corrected chi connectivity index (χ4v) is 6.05. The zero-order valence-electron chi connectivity index (χ0n) is 26.1. The average Bonchev–Trinajstić information content (AvgIpc) is 3.86. The normalized spacial score (nSPS) is 19.3. The number of anilines is 2. The molecule has 6 aromatic rings. The SMILES string of the molecule is Cn1cnc(CCNc2nc(NCC(c3ccccc3)c3ccccc3)c3ncn([C@@H]4O[C@H](Cn5c(O)c[nH]c5=O)[C@@H](O)C4O)c3n2)c1. The van der Waals surface area contributed by atoms with Crippen LogP contribution in [0.2, 0.25) is 0 Å². The maximum atomic E-state index is 12.1. The largest absolute Gasteiger partial charge is 0.493 e. The first kappa shape index (κ1) is 31.1. The Morgan fingerprint density at radius 1 is 0.958 bits per heavy atom. The van der Waals surface area contributed by atoms with Crippen molar-refractivity contribution >= 4 is 22.9 Å². The molecule has 4 atom stereocenters. The van der Waals surface area contributed by atoms with Crippen LogP contribution >= 0.6 is 0 Å². The molecule has 15 nitrogen and oxygen atoms in total. The van der Waals surface area contributed by atoms with Crippen molar-refractivity contribution in [3.05, 3.63) is 113 Å². The molecule has 0 aliphatic carbocycles. The first-order valence-electron chi connectivity index (χ1n) is 15.6. The number of hydrogen-bond donors (Lipinski definition) is 6. The van der Waals surface area contributed by atoms with E-state index in [9.17, 15) is 20.1 Å². The van der Waals surface area contributed by atoms with Gasteiger partial charge < -0.3 is 40.2 Å². The smallest absolute Gasteiger partial charge is 0.328 e. The van der Waals surface area contributed by atoms with E-state index in [1.807, 2.05) is 54.2 Å². The van der Waals surface area contributed by atoms with Gasteiger partial charge in [0.05, 0.1) is 31.1 Å². The summed E-state index contributed by atoms with van der Waals surface area (Å²) in [7, 11) is 1.92. The van der Waals surface area contributed by atoms with Gasteiger partial charge in [0.2, 0.25) is 11.8 Å². The number of aryl methyl sites for hydroxylation is 1. The van der Waals surface area contributed by atoms with E-state index in [1.165, 1.54) is 6.33 Å². The van der Waals surface area contributed by atoms with Gasteiger partial charge in [-0.05, 0) is 11.1 Å². The lowest BCUT2D eigenvalue weighted by molar-refractivity contribution is -0.0399. The number of benzene rings is 2. The third-order valence-electron chi connectivity index (χ3n) is 8.54. The summed E-state index contributed by atoms with van der Waals surface area (Å²) in [5.41, 5.74) is 3.42. The van der Waals surface area contributed by atoms with Gasteiger partial charge in [0.25, 0.3) is 0 Å². The molecule has 5 heterocycles. The summed E-state index contributed by atoms with van der Waals surface area (Å²) >= 11 is 0. The van der Waals surface area contributed by atoms with Crippen LogP contribution in [0.3, 0.4) is 0 Å². The van der Waals surface area contributed by atoms with E-state index in [4.69, 9.17) is 14.7 Å². The van der Waals surface area contributed by atoms with Crippen LogP contribution in [0.15, 0.2) is 90.5 Å². The molecule has 1 saturated heterocycles. The van der Waals surface area contributed by atoms with Gasteiger partial charge in [0, 0.05) is 38.7 Å². The lowest BCUT2D eigenvalue weighted by Gasteiger charge is -2.20. The Kier molecular flexibility index (Phi) is 8.63. The summed E-state index contributed by atoms with van der Waals surface area (Å²) in [5.74, 6) is 0.497. The summed E-state index contributed by atoms with van der Waals surface area (Å²) in [6, 6.07) is 20.4. The van der Waals surface area contributed by atoms with Crippen LogP contribution in [-0.4, -0.2) is 85.3 Å². The number of aromatic hydroxyl groups is 1. The van der Waals surface area contributed by atoms with Crippen molar-refractivity contribution < 1.29 is 20.1 Å². The van der Waals surface area contributed by atoms with Gasteiger partial charge in [-0.3, -0.25) is 9.13 Å². The second-order valence-electron chi connectivity index (χ2n) is 11.8. The Hall–Kier alpha value is -5.51. The van der Waals surface area contributed by atoms with Gasteiger partial charge in [-0.2, -0.15) is 9.97 Å². The highest BCUT2D eigenvalue weighted by atomic mass is 16.6. The molecule has 1 aliphatic rings. The Bertz CT molecular complexity index is 2000. The first-order valence-corrected chi connectivity index (χ1v) is 15.6. The van der Waals surface area contributed by atoms with Crippen LogP contribution in [0.4, 0.5) is 11.8 Å². The predicted molar refractivity (Wildman–Crippen MR) is 177 cm³/mol. The van der Waals surface area contributed by atoms with Crippen LogP contribution in [0.1, 0.15) is 29.0 Å². The summed E-state index contributed by atoms with van der Waals surface area (Å²) in [4.78, 5) is 33.1. The molecule has 0 bridgehead atoms. The summed E-state index contributed by atoms with van der Waals surface area (Å²) in [6.45, 7) is 0.821. The molecule has 6 N–H and O–H groups in total. The zero-order valence-corrected chi connectivity index (χ0v) is 26.1. The number of aromatic nitrogens is 8. The van der Waals surface area contributed by atoms with E-state index in [0.717, 1.165) is 27.6 Å². The number of nitrogens with one attached hydrogen (secondary N) is 3. The van der Waals surface area contributed by atoms with Gasteiger partial charge >= 0.3 is 5.69 Å². The van der Waals surface area contributed by atoms with Crippen LogP contribution < -0.4 is 16.3 Å². The quantitative estimate of drug-likeness (QED) is 0.113. The van der Waals surface area contributed by atoms with E-state index in [0.29, 0.717) is 42.4 Å². The third kappa shape index (κ3) is 6.25. The van der Waals surface area contributed by atoms with Crippen molar-refractivity contribution in [2.75, 3.05) is 23.7 Å². The zero-order chi connectivity index (χ0) is 33.2. The Balaban J connectivity index is 1.20. The third-order valence-corrected chi connectivity index (χ3v) is 8.54. The number of aliphatic hydroxyl groups is 2. The topological polar surface area (TPSA) is 193 Å². The van der Waals surface area contributed by atoms with Gasteiger partial charge in [0.1, 0.15) is 18.3 Å². The predicted octanol–water partition coefficient (Wildman–Crippen LogP) is 1.97. The minimum absolute atomic E-state index is 0.00390. The van der Waals surface area contributed by atoms with E-state index >= 15 is 0 Å². The lowest BCUT2D eigenvalue weighted by Crippen LogP contribution is -2.35. The number of rotatable bonds is 12. The van der Waals surface area contributed by atoms with Gasteiger partial charge in [-0.25, -0.2) is 14.8 Å². The second kappa shape index (κ2) is 13.3. The molecular formula is C33H36N10O5. The van der Waals surface area contributed by atoms with Gasteiger partial charge in [0.15, 0.2) is 23.2 Å². The van der Waals surface area contributed by atoms with Crippen LogP contribution in [0.5, 0.6) is 5.88 Å². The number of ether oxygens (including phenoxy) is 1. The minimum Gasteiger partial charge on any atom is -0.493 e.